The van der Waals surface area contributed by atoms with Gasteiger partial charge in [-0.1, -0.05) is 0 Å². The van der Waals surface area contributed by atoms with Gasteiger partial charge in [-0.15, -0.1) is 0 Å². The molecule has 1 radical (unpaired) electrons. The van der Waals surface area contributed by atoms with E-state index >= 15 is 0 Å². The third-order valence-electron chi connectivity index (χ3n) is 0. The second-order valence-electron chi connectivity index (χ2n) is 0. The Bertz CT molecular complexity index is 11.7. The Morgan fingerprint density at radius 2 is 0.571 bits per heavy atom. The molecule has 7 heavy (non-hydrogen) atoms. The second-order valence-corrected chi connectivity index (χ2v) is 0. The van der Waals surface area contributed by atoms with Gasteiger partial charge in [-0.05, 0) is 0 Å². The van der Waals surface area contributed by atoms with Gasteiger partial charge in [-0.25, -0.2) is 0 Å². The SMILES string of the molecule is [Al+3].[La+3].[Mn+2].[O-2].[O-2].[O-2].[O-2]. The van der Waals surface area contributed by atoms with E-state index in [1.54, 1.807) is 0 Å². The first kappa shape index (κ1) is 136. The van der Waals surface area contributed by atoms with E-state index in [0.29, 0.717) is 0 Å². The minimum atomic E-state index is 0. The molecule has 7 heteroatoms. The van der Waals surface area contributed by atoms with Crippen LogP contribution in [0.25, 0.3) is 0 Å². The van der Waals surface area contributed by atoms with Crippen LogP contribution in [0.15, 0.2) is 0 Å². The molecule has 0 aliphatic rings. The first-order valence-corrected chi connectivity index (χ1v) is 0. The average Bonchev–Trinajstić information content (AvgIpc) is 0. The Morgan fingerprint density at radius 1 is 0.571 bits per heavy atom. The smallest absolute Gasteiger partial charge is 2.00 e. The van der Waals surface area contributed by atoms with Crippen LogP contribution in [0.2, 0.25) is 0 Å². The fourth-order valence-electron chi connectivity index (χ4n) is 0. The summed E-state index contributed by atoms with van der Waals surface area (Å²) in [6, 6.07) is 0. The minimum Gasteiger partial charge on any atom is -2.00 e. The van der Waals surface area contributed by atoms with Crippen molar-refractivity contribution in [1.82, 2.24) is 0 Å². The van der Waals surface area contributed by atoms with Crippen LogP contribution >= 0.6 is 0 Å². The maximum absolute atomic E-state index is 0. The molecule has 0 aliphatic carbocycles. The van der Waals surface area contributed by atoms with Gasteiger partial charge in [0.15, 0.2) is 0 Å². The largest absolute Gasteiger partial charge is 3.00 e. The topological polar surface area (TPSA) is 114 Å². The molecule has 0 aromatic carbocycles. The number of rotatable bonds is 0. The normalized spacial score (nSPS) is 0. The van der Waals surface area contributed by atoms with Crippen molar-refractivity contribution < 1.29 is 74.6 Å². The summed E-state index contributed by atoms with van der Waals surface area (Å²) < 4.78 is 0. The molecular formula is AlLaMnO4. The van der Waals surface area contributed by atoms with Crippen LogP contribution in [0.4, 0.5) is 0 Å². The molecule has 0 N–H and O–H groups in total. The predicted molar refractivity (Wildman–Crippen MR) is 8.50 cm³/mol. The maximum atomic E-state index is 0. The third kappa shape index (κ3) is 68.8. The van der Waals surface area contributed by atoms with E-state index in [0.717, 1.165) is 0 Å². The molecule has 0 aromatic rings. The van der Waals surface area contributed by atoms with Gasteiger partial charge >= 0.3 is 70.0 Å². The Labute approximate surface area is 90.9 Å². The summed E-state index contributed by atoms with van der Waals surface area (Å²) in [5.41, 5.74) is 0. The molecule has 0 aromatic heterocycles. The van der Waals surface area contributed by atoms with Crippen LogP contribution < -0.4 is 0 Å². The zero-order valence-corrected chi connectivity index (χ0v) is 9.13. The van der Waals surface area contributed by atoms with Crippen molar-refractivity contribution in [3.8, 4) is 0 Å². The Morgan fingerprint density at radius 3 is 0.571 bits per heavy atom. The Hall–Kier alpha value is 2.09. The van der Waals surface area contributed by atoms with Crippen molar-refractivity contribution in [2.45, 2.75) is 0 Å². The van der Waals surface area contributed by atoms with Crippen molar-refractivity contribution in [2.75, 3.05) is 0 Å². The molecule has 0 fully saturated rings. The monoisotopic (exact) mass is 285 g/mol. The van der Waals surface area contributed by atoms with Crippen LogP contribution in [-0.4, -0.2) is 17.4 Å². The molecule has 37 valence electrons. The average molecular weight is 285 g/mol. The zero-order chi connectivity index (χ0) is 0. The summed E-state index contributed by atoms with van der Waals surface area (Å²) in [4.78, 5) is 0. The first-order valence-electron chi connectivity index (χ1n) is 0. The van der Waals surface area contributed by atoms with Gasteiger partial charge < -0.3 is 21.9 Å². The summed E-state index contributed by atoms with van der Waals surface area (Å²) in [5.74, 6) is 0. The minimum absolute atomic E-state index is 0. The fraction of sp³-hybridized carbons (Fsp3) is 0. The van der Waals surface area contributed by atoms with Crippen LogP contribution in [0.5, 0.6) is 0 Å². The van der Waals surface area contributed by atoms with Crippen molar-refractivity contribution in [1.29, 1.82) is 0 Å². The van der Waals surface area contributed by atoms with Gasteiger partial charge in [0, 0.05) is 0 Å². The molecule has 0 saturated heterocycles. The summed E-state index contributed by atoms with van der Waals surface area (Å²) in [6.07, 6.45) is 0. The van der Waals surface area contributed by atoms with Crippen LogP contribution in [0.1, 0.15) is 0 Å². The van der Waals surface area contributed by atoms with Gasteiger partial charge in [0.1, 0.15) is 0 Å². The molecule has 0 spiro atoms. The van der Waals surface area contributed by atoms with Gasteiger partial charge in [0.25, 0.3) is 0 Å². The molecule has 0 heterocycles. The number of hydrogen-bond donors (Lipinski definition) is 0. The summed E-state index contributed by atoms with van der Waals surface area (Å²) in [6.45, 7) is 0. The Balaban J connectivity index is 0. The van der Waals surface area contributed by atoms with E-state index in [4.69, 9.17) is 0 Å². The van der Waals surface area contributed by atoms with E-state index in [1.165, 1.54) is 0 Å². The molecule has 0 saturated carbocycles. The first-order chi connectivity index (χ1) is 0. The van der Waals surface area contributed by atoms with Gasteiger partial charge in [0.05, 0.1) is 0 Å². The molecule has 0 amide bonds. The van der Waals surface area contributed by atoms with Gasteiger partial charge in [0.2, 0.25) is 0 Å². The maximum Gasteiger partial charge on any atom is 3.00 e. The van der Waals surface area contributed by atoms with E-state index in [9.17, 15) is 0 Å². The molecule has 0 bridgehead atoms. The summed E-state index contributed by atoms with van der Waals surface area (Å²) in [5, 5.41) is 0. The van der Waals surface area contributed by atoms with Crippen molar-refractivity contribution in [3.63, 3.8) is 0 Å². The van der Waals surface area contributed by atoms with E-state index in [1.807, 2.05) is 0 Å². The molecular weight excluding hydrogens is 285 g/mol. The summed E-state index contributed by atoms with van der Waals surface area (Å²) >= 11 is 0. The third-order valence-corrected chi connectivity index (χ3v) is 0. The predicted octanol–water partition coefficient (Wildman–Crippen LogP) is -0.859. The van der Waals surface area contributed by atoms with Crippen LogP contribution in [0, 0.1) is 35.6 Å². The van der Waals surface area contributed by atoms with Crippen LogP contribution in [0.3, 0.4) is 0 Å². The van der Waals surface area contributed by atoms with E-state index < -0.39 is 0 Å². The Kier molecular flexibility index (Phi) is 1820. The molecule has 0 rings (SSSR count). The fourth-order valence-corrected chi connectivity index (χ4v) is 0. The molecule has 0 unspecified atom stereocenters. The summed E-state index contributed by atoms with van der Waals surface area (Å²) in [7, 11) is 0. The molecule has 0 aliphatic heterocycles. The molecule has 0 atom stereocenters. The van der Waals surface area contributed by atoms with Gasteiger partial charge in [-0.2, -0.15) is 0 Å². The van der Waals surface area contributed by atoms with Crippen LogP contribution in [-0.2, 0) is 39.0 Å². The number of hydrogen-bond acceptors (Lipinski definition) is 0. The van der Waals surface area contributed by atoms with Crippen molar-refractivity contribution in [2.24, 2.45) is 0 Å². The second kappa shape index (κ2) is 93.3. The van der Waals surface area contributed by atoms with E-state index in [2.05, 4.69) is 0 Å². The molecule has 4 nitrogen and oxygen atoms in total. The zero-order valence-electron chi connectivity index (χ0n) is 3.17. The van der Waals surface area contributed by atoms with Gasteiger partial charge in [-0.3, -0.25) is 0 Å². The quantitative estimate of drug-likeness (QED) is 0.515. The van der Waals surface area contributed by atoms with E-state index in [-0.39, 0.29) is 91.9 Å². The standard InChI is InChI=1S/Al.La.Mn.4O/q2*+3;+2;4*-2. The van der Waals surface area contributed by atoms with Crippen molar-refractivity contribution in [3.05, 3.63) is 0 Å². The van der Waals surface area contributed by atoms with Crippen molar-refractivity contribution >= 4 is 17.4 Å².